The Labute approximate surface area is 120 Å². The van der Waals surface area contributed by atoms with Gasteiger partial charge in [-0.2, -0.15) is 0 Å². The molecular formula is C14H23N5O. The average molecular weight is 277 g/mol. The van der Waals surface area contributed by atoms with Crippen molar-refractivity contribution in [1.82, 2.24) is 20.2 Å². The minimum absolute atomic E-state index is 0.165. The highest BCUT2D eigenvalue weighted by Gasteiger charge is 2.25. The summed E-state index contributed by atoms with van der Waals surface area (Å²) >= 11 is 0. The van der Waals surface area contributed by atoms with Crippen LogP contribution in [0.4, 0.5) is 5.82 Å². The molecule has 1 amide bonds. The molecule has 0 unspecified atom stereocenters. The van der Waals surface area contributed by atoms with Crippen LogP contribution >= 0.6 is 0 Å². The van der Waals surface area contributed by atoms with Crippen molar-refractivity contribution in [2.24, 2.45) is 0 Å². The summed E-state index contributed by atoms with van der Waals surface area (Å²) in [6, 6.07) is 0.716. The molecule has 1 fully saturated rings. The van der Waals surface area contributed by atoms with Crippen LogP contribution in [0.3, 0.4) is 0 Å². The molecule has 6 nitrogen and oxygen atoms in total. The zero-order chi connectivity index (χ0) is 14.4. The van der Waals surface area contributed by atoms with Crippen molar-refractivity contribution >= 4 is 11.7 Å². The Kier molecular flexibility index (Phi) is 5.29. The van der Waals surface area contributed by atoms with Crippen molar-refractivity contribution in [2.75, 3.05) is 32.0 Å². The van der Waals surface area contributed by atoms with Gasteiger partial charge in [0.1, 0.15) is 11.5 Å². The molecule has 1 aromatic rings. The van der Waals surface area contributed by atoms with E-state index in [0.717, 1.165) is 19.5 Å². The molecule has 1 heterocycles. The number of nitrogens with one attached hydrogen (secondary N) is 2. The number of amides is 1. The summed E-state index contributed by atoms with van der Waals surface area (Å²) in [5.74, 6) is 0.483. The van der Waals surface area contributed by atoms with Gasteiger partial charge in [0.2, 0.25) is 0 Å². The largest absolute Gasteiger partial charge is 0.369 e. The highest BCUT2D eigenvalue weighted by molar-refractivity contribution is 5.92. The molecule has 1 aliphatic carbocycles. The zero-order valence-electron chi connectivity index (χ0n) is 12.2. The van der Waals surface area contributed by atoms with Gasteiger partial charge in [-0.15, -0.1) is 0 Å². The maximum absolute atomic E-state index is 12.0. The number of carbonyl (C=O) groups is 1. The Hall–Kier alpha value is -1.69. The van der Waals surface area contributed by atoms with Gasteiger partial charge in [-0.25, -0.2) is 4.98 Å². The van der Waals surface area contributed by atoms with E-state index < -0.39 is 0 Å². The van der Waals surface area contributed by atoms with Crippen molar-refractivity contribution in [3.05, 3.63) is 18.1 Å². The Morgan fingerprint density at radius 2 is 2.20 bits per heavy atom. The summed E-state index contributed by atoms with van der Waals surface area (Å²) in [5, 5.41) is 6.01. The lowest BCUT2D eigenvalue weighted by atomic mass is 10.4. The van der Waals surface area contributed by atoms with Gasteiger partial charge in [0, 0.05) is 25.7 Å². The summed E-state index contributed by atoms with van der Waals surface area (Å²) in [5.41, 5.74) is 0.361. The molecular weight excluding hydrogens is 254 g/mol. The Bertz CT molecular complexity index is 447. The number of hydrogen-bond donors (Lipinski definition) is 2. The fourth-order valence-corrected chi connectivity index (χ4v) is 1.95. The lowest BCUT2D eigenvalue weighted by Crippen LogP contribution is -2.34. The van der Waals surface area contributed by atoms with E-state index in [4.69, 9.17) is 0 Å². The summed E-state index contributed by atoms with van der Waals surface area (Å²) in [6.07, 6.45) is 6.69. The second-order valence-corrected chi connectivity index (χ2v) is 5.18. The first-order valence-electron chi connectivity index (χ1n) is 7.25. The topological polar surface area (TPSA) is 70.2 Å². The van der Waals surface area contributed by atoms with Crippen molar-refractivity contribution < 1.29 is 4.79 Å². The quantitative estimate of drug-likeness (QED) is 0.745. The van der Waals surface area contributed by atoms with Gasteiger partial charge in [0.25, 0.3) is 5.91 Å². The molecule has 0 aromatic carbocycles. The molecule has 2 rings (SSSR count). The molecule has 1 aromatic heterocycles. The van der Waals surface area contributed by atoms with Crippen LogP contribution in [-0.2, 0) is 0 Å². The predicted octanol–water partition coefficient (Wildman–Crippen LogP) is 1.12. The molecule has 1 aliphatic rings. The number of hydrogen-bond acceptors (Lipinski definition) is 5. The summed E-state index contributed by atoms with van der Waals surface area (Å²) < 4.78 is 0. The van der Waals surface area contributed by atoms with Crippen LogP contribution in [0, 0.1) is 0 Å². The summed E-state index contributed by atoms with van der Waals surface area (Å²) in [6.45, 7) is 4.41. The van der Waals surface area contributed by atoms with E-state index in [9.17, 15) is 4.79 Å². The van der Waals surface area contributed by atoms with Gasteiger partial charge in [0.15, 0.2) is 0 Å². The van der Waals surface area contributed by atoms with Crippen LogP contribution in [-0.4, -0.2) is 53.5 Å². The molecule has 0 atom stereocenters. The average Bonchev–Trinajstić information content (AvgIpc) is 3.29. The van der Waals surface area contributed by atoms with Crippen LogP contribution in [0.2, 0.25) is 0 Å². The Balaban J connectivity index is 1.78. The van der Waals surface area contributed by atoms with Gasteiger partial charge in [-0.1, -0.05) is 6.92 Å². The number of nitrogens with zero attached hydrogens (tertiary/aromatic N) is 3. The van der Waals surface area contributed by atoms with E-state index in [2.05, 4.69) is 39.5 Å². The zero-order valence-corrected chi connectivity index (χ0v) is 12.2. The number of aromatic nitrogens is 2. The van der Waals surface area contributed by atoms with Crippen molar-refractivity contribution in [3.63, 3.8) is 0 Å². The Morgan fingerprint density at radius 3 is 2.90 bits per heavy atom. The fraction of sp³-hybridized carbons (Fsp3) is 0.643. The number of anilines is 1. The van der Waals surface area contributed by atoms with Gasteiger partial charge in [0.05, 0.1) is 12.4 Å². The summed E-state index contributed by atoms with van der Waals surface area (Å²) in [7, 11) is 2.10. The minimum Gasteiger partial charge on any atom is -0.369 e. The number of rotatable bonds is 8. The van der Waals surface area contributed by atoms with Crippen LogP contribution in [0.1, 0.15) is 36.7 Å². The molecule has 0 saturated heterocycles. The highest BCUT2D eigenvalue weighted by atomic mass is 16.1. The molecule has 1 saturated carbocycles. The van der Waals surface area contributed by atoms with Gasteiger partial charge >= 0.3 is 0 Å². The molecule has 0 aliphatic heterocycles. The van der Waals surface area contributed by atoms with Crippen molar-refractivity contribution in [3.8, 4) is 0 Å². The second kappa shape index (κ2) is 7.19. The highest BCUT2D eigenvalue weighted by Crippen LogP contribution is 2.24. The lowest BCUT2D eigenvalue weighted by molar-refractivity contribution is 0.0944. The molecule has 0 spiro atoms. The van der Waals surface area contributed by atoms with Crippen LogP contribution < -0.4 is 10.6 Å². The van der Waals surface area contributed by atoms with E-state index in [1.807, 2.05) is 0 Å². The van der Waals surface area contributed by atoms with E-state index in [1.165, 1.54) is 19.0 Å². The van der Waals surface area contributed by atoms with Gasteiger partial charge < -0.3 is 15.5 Å². The molecule has 110 valence electrons. The van der Waals surface area contributed by atoms with Crippen molar-refractivity contribution in [1.29, 1.82) is 0 Å². The van der Waals surface area contributed by atoms with E-state index in [1.54, 1.807) is 6.20 Å². The van der Waals surface area contributed by atoms with E-state index >= 15 is 0 Å². The van der Waals surface area contributed by atoms with Gasteiger partial charge in [-0.05, 0) is 26.3 Å². The van der Waals surface area contributed by atoms with E-state index in [-0.39, 0.29) is 5.91 Å². The Morgan fingerprint density at radius 1 is 1.40 bits per heavy atom. The predicted molar refractivity (Wildman–Crippen MR) is 78.8 cm³/mol. The third-order valence-corrected chi connectivity index (χ3v) is 3.34. The number of likely N-dealkylation sites (N-methyl/N-ethyl adjacent to an activating group) is 1. The first-order valence-corrected chi connectivity index (χ1v) is 7.25. The first kappa shape index (κ1) is 14.7. The van der Waals surface area contributed by atoms with Crippen LogP contribution in [0.25, 0.3) is 0 Å². The third kappa shape index (κ3) is 4.45. The maximum Gasteiger partial charge on any atom is 0.271 e. The first-order chi connectivity index (χ1) is 9.70. The second-order valence-electron chi connectivity index (χ2n) is 5.18. The standard InChI is InChI=1S/C14H23N5O/c1-3-6-16-13-10-15-9-12(18-13)14(20)17-7-8-19(2)11-4-5-11/h9-11H,3-8H2,1-2H3,(H,16,18)(H,17,20). The third-order valence-electron chi connectivity index (χ3n) is 3.34. The molecule has 2 N–H and O–H groups in total. The minimum atomic E-state index is -0.165. The van der Waals surface area contributed by atoms with Crippen molar-refractivity contribution in [2.45, 2.75) is 32.2 Å². The van der Waals surface area contributed by atoms with Crippen LogP contribution in [0.5, 0.6) is 0 Å². The SMILES string of the molecule is CCCNc1cncc(C(=O)NCCN(C)C2CC2)n1. The molecule has 6 heteroatoms. The van der Waals surface area contributed by atoms with Crippen LogP contribution in [0.15, 0.2) is 12.4 Å². The molecule has 0 bridgehead atoms. The number of carbonyl (C=O) groups excluding carboxylic acids is 1. The fourth-order valence-electron chi connectivity index (χ4n) is 1.95. The molecule has 20 heavy (non-hydrogen) atoms. The monoisotopic (exact) mass is 277 g/mol. The normalized spacial score (nSPS) is 14.3. The maximum atomic E-state index is 12.0. The van der Waals surface area contributed by atoms with Gasteiger partial charge in [-0.3, -0.25) is 9.78 Å². The lowest BCUT2D eigenvalue weighted by Gasteiger charge is -2.15. The van der Waals surface area contributed by atoms with E-state index in [0.29, 0.717) is 24.1 Å². The smallest absolute Gasteiger partial charge is 0.271 e. The molecule has 0 radical (unpaired) electrons. The summed E-state index contributed by atoms with van der Waals surface area (Å²) in [4.78, 5) is 22.6.